The largest absolute Gasteiger partial charge is 0.413 e. The van der Waals surface area contributed by atoms with Crippen molar-refractivity contribution in [3.05, 3.63) is 12.7 Å². The van der Waals surface area contributed by atoms with Crippen molar-refractivity contribution in [2.45, 2.75) is 64.3 Å². The zero-order valence-corrected chi connectivity index (χ0v) is 12.9. The number of hydrogen-bond donors (Lipinski definition) is 0. The van der Waals surface area contributed by atoms with E-state index in [4.69, 9.17) is 4.43 Å². The van der Waals surface area contributed by atoms with Crippen LogP contribution >= 0.6 is 0 Å². The second kappa shape index (κ2) is 5.07. The third-order valence-electron chi connectivity index (χ3n) is 4.11. The number of carbonyl (C=O) groups excluding carboxylic acids is 1. The number of ketones is 1. The summed E-state index contributed by atoms with van der Waals surface area (Å²) in [6.45, 7) is 15.0. The highest BCUT2D eigenvalue weighted by Crippen LogP contribution is 2.39. The third kappa shape index (κ3) is 3.78. The van der Waals surface area contributed by atoms with Gasteiger partial charge in [-0.15, -0.1) is 6.58 Å². The molecule has 0 aliphatic heterocycles. The van der Waals surface area contributed by atoms with Gasteiger partial charge < -0.3 is 4.43 Å². The molecule has 0 aromatic carbocycles. The standard InChI is InChI=1S/C14H26O2Si/c1-7-11-8-12(15)10-13(9-11)16-17(5,6)14(2,3)4/h7,11,13H,1,8-10H2,2-6H3/t11-,13-/m0/s1. The van der Waals surface area contributed by atoms with Gasteiger partial charge in [0.05, 0.1) is 6.10 Å². The predicted octanol–water partition coefficient (Wildman–Crippen LogP) is 3.93. The molecule has 1 saturated carbocycles. The first-order valence-electron chi connectivity index (χ1n) is 6.48. The van der Waals surface area contributed by atoms with E-state index in [1.807, 2.05) is 6.08 Å². The van der Waals surface area contributed by atoms with Crippen LogP contribution in [-0.4, -0.2) is 20.2 Å². The zero-order chi connectivity index (χ0) is 13.3. The van der Waals surface area contributed by atoms with Crippen LogP contribution < -0.4 is 0 Å². The molecule has 0 N–H and O–H groups in total. The van der Waals surface area contributed by atoms with Gasteiger partial charge in [-0.25, -0.2) is 0 Å². The van der Waals surface area contributed by atoms with Crippen LogP contribution in [0.4, 0.5) is 0 Å². The van der Waals surface area contributed by atoms with Gasteiger partial charge in [0, 0.05) is 12.8 Å². The van der Waals surface area contributed by atoms with Crippen LogP contribution in [0.2, 0.25) is 18.1 Å². The van der Waals surface area contributed by atoms with Crippen LogP contribution in [0.3, 0.4) is 0 Å². The van der Waals surface area contributed by atoms with Gasteiger partial charge in [-0.05, 0) is 30.5 Å². The summed E-state index contributed by atoms with van der Waals surface area (Å²) in [5.41, 5.74) is 0. The average Bonchev–Trinajstić information content (AvgIpc) is 2.14. The van der Waals surface area contributed by atoms with E-state index < -0.39 is 8.32 Å². The van der Waals surface area contributed by atoms with Gasteiger partial charge in [-0.3, -0.25) is 4.79 Å². The molecule has 0 unspecified atom stereocenters. The Balaban J connectivity index is 2.68. The molecule has 0 amide bonds. The maximum Gasteiger partial charge on any atom is 0.192 e. The topological polar surface area (TPSA) is 26.3 Å². The second-order valence-electron chi connectivity index (χ2n) is 6.68. The van der Waals surface area contributed by atoms with E-state index in [9.17, 15) is 4.79 Å². The van der Waals surface area contributed by atoms with Crippen molar-refractivity contribution >= 4 is 14.1 Å². The van der Waals surface area contributed by atoms with Crippen LogP contribution in [0, 0.1) is 5.92 Å². The molecule has 98 valence electrons. The molecule has 1 rings (SSSR count). The Bertz CT molecular complexity index is 302. The molecular weight excluding hydrogens is 228 g/mol. The molecule has 0 aromatic heterocycles. The molecule has 1 aliphatic carbocycles. The zero-order valence-electron chi connectivity index (χ0n) is 11.9. The van der Waals surface area contributed by atoms with Crippen LogP contribution in [0.1, 0.15) is 40.0 Å². The Hall–Kier alpha value is -0.413. The molecule has 1 fully saturated rings. The van der Waals surface area contributed by atoms with E-state index in [2.05, 4.69) is 40.4 Å². The molecule has 0 bridgehead atoms. The van der Waals surface area contributed by atoms with Crippen LogP contribution in [0.15, 0.2) is 12.7 Å². The molecule has 17 heavy (non-hydrogen) atoms. The predicted molar refractivity (Wildman–Crippen MR) is 74.6 cm³/mol. The Morgan fingerprint density at radius 2 is 1.94 bits per heavy atom. The highest BCUT2D eigenvalue weighted by molar-refractivity contribution is 6.74. The molecule has 0 aromatic rings. The number of Topliss-reactive ketones (excluding diaryl/α,β-unsaturated/α-hetero) is 1. The van der Waals surface area contributed by atoms with E-state index in [-0.39, 0.29) is 11.1 Å². The Kier molecular flexibility index (Phi) is 4.36. The fourth-order valence-corrected chi connectivity index (χ4v) is 3.36. The van der Waals surface area contributed by atoms with E-state index in [1.165, 1.54) is 0 Å². The maximum atomic E-state index is 11.7. The van der Waals surface area contributed by atoms with Gasteiger partial charge in [-0.2, -0.15) is 0 Å². The summed E-state index contributed by atoms with van der Waals surface area (Å²) < 4.78 is 6.32. The fraction of sp³-hybridized carbons (Fsp3) is 0.786. The number of rotatable bonds is 3. The first-order valence-corrected chi connectivity index (χ1v) is 9.38. The minimum absolute atomic E-state index is 0.111. The summed E-state index contributed by atoms with van der Waals surface area (Å²) in [4.78, 5) is 11.7. The minimum atomic E-state index is -1.75. The van der Waals surface area contributed by atoms with Crippen molar-refractivity contribution in [3.63, 3.8) is 0 Å². The van der Waals surface area contributed by atoms with Crippen molar-refractivity contribution in [2.75, 3.05) is 0 Å². The lowest BCUT2D eigenvalue weighted by molar-refractivity contribution is -0.123. The minimum Gasteiger partial charge on any atom is -0.413 e. The second-order valence-corrected chi connectivity index (χ2v) is 11.4. The average molecular weight is 254 g/mol. The van der Waals surface area contributed by atoms with Gasteiger partial charge in [0.15, 0.2) is 8.32 Å². The highest BCUT2D eigenvalue weighted by atomic mass is 28.4. The summed E-state index contributed by atoms with van der Waals surface area (Å²) in [7, 11) is -1.75. The first-order chi connectivity index (χ1) is 7.65. The monoisotopic (exact) mass is 254 g/mol. The van der Waals surface area contributed by atoms with Gasteiger partial charge in [0.25, 0.3) is 0 Å². The molecule has 0 spiro atoms. The van der Waals surface area contributed by atoms with E-state index in [0.717, 1.165) is 6.42 Å². The van der Waals surface area contributed by atoms with E-state index in [0.29, 0.717) is 24.5 Å². The van der Waals surface area contributed by atoms with Gasteiger partial charge >= 0.3 is 0 Å². The van der Waals surface area contributed by atoms with Crippen molar-refractivity contribution in [1.82, 2.24) is 0 Å². The summed E-state index contributed by atoms with van der Waals surface area (Å²) in [6, 6.07) is 0. The van der Waals surface area contributed by atoms with Crippen molar-refractivity contribution in [1.29, 1.82) is 0 Å². The Labute approximate surface area is 107 Å². The maximum absolute atomic E-state index is 11.7. The fourth-order valence-electron chi connectivity index (χ4n) is 2.00. The molecule has 0 heterocycles. The summed E-state index contributed by atoms with van der Waals surface area (Å²) in [6.07, 6.45) is 4.22. The molecule has 0 radical (unpaired) electrons. The van der Waals surface area contributed by atoms with Crippen molar-refractivity contribution in [3.8, 4) is 0 Å². The molecule has 0 saturated heterocycles. The summed E-state index contributed by atoms with van der Waals surface area (Å²) >= 11 is 0. The highest BCUT2D eigenvalue weighted by Gasteiger charge is 2.40. The molecule has 3 heteroatoms. The number of carbonyl (C=O) groups is 1. The normalized spacial score (nSPS) is 27.0. The lowest BCUT2D eigenvalue weighted by Crippen LogP contribution is -2.45. The van der Waals surface area contributed by atoms with Gasteiger partial charge in [0.1, 0.15) is 5.78 Å². The molecule has 2 nitrogen and oxygen atoms in total. The third-order valence-corrected chi connectivity index (χ3v) is 8.65. The Morgan fingerprint density at radius 3 is 2.41 bits per heavy atom. The summed E-state index contributed by atoms with van der Waals surface area (Å²) in [5.74, 6) is 0.635. The number of hydrogen-bond acceptors (Lipinski definition) is 2. The summed E-state index contributed by atoms with van der Waals surface area (Å²) in [5, 5.41) is 0.206. The number of allylic oxidation sites excluding steroid dienone is 1. The smallest absolute Gasteiger partial charge is 0.192 e. The Morgan fingerprint density at radius 1 is 1.35 bits per heavy atom. The lowest BCUT2D eigenvalue weighted by Gasteiger charge is -2.41. The molecule has 1 aliphatic rings. The van der Waals surface area contributed by atoms with Crippen molar-refractivity contribution in [2.24, 2.45) is 5.92 Å². The quantitative estimate of drug-likeness (QED) is 0.563. The SMILES string of the molecule is C=C[C@H]1CC(=O)C[C@@H](O[Si](C)(C)C(C)(C)C)C1. The van der Waals surface area contributed by atoms with Gasteiger partial charge in [0.2, 0.25) is 0 Å². The lowest BCUT2D eigenvalue weighted by atomic mass is 9.87. The van der Waals surface area contributed by atoms with Crippen molar-refractivity contribution < 1.29 is 9.22 Å². The molecular formula is C14H26O2Si. The molecule has 2 atom stereocenters. The van der Waals surface area contributed by atoms with Crippen LogP contribution in [0.5, 0.6) is 0 Å². The van der Waals surface area contributed by atoms with Crippen LogP contribution in [0.25, 0.3) is 0 Å². The first kappa shape index (κ1) is 14.6. The van der Waals surface area contributed by atoms with E-state index in [1.54, 1.807) is 0 Å². The van der Waals surface area contributed by atoms with Gasteiger partial charge in [-0.1, -0.05) is 26.8 Å². The van der Waals surface area contributed by atoms with E-state index >= 15 is 0 Å². The van der Waals surface area contributed by atoms with Crippen LogP contribution in [-0.2, 0) is 9.22 Å².